The molecule has 3 saturated heterocycles. The molecule has 0 radical (unpaired) electrons. The van der Waals surface area contributed by atoms with E-state index in [0.29, 0.717) is 37.3 Å². The number of aromatic nitrogens is 3. The van der Waals surface area contributed by atoms with Crippen LogP contribution in [0, 0.1) is 11.6 Å². The number of halogens is 4. The van der Waals surface area contributed by atoms with Crippen molar-refractivity contribution in [3.05, 3.63) is 40.9 Å². The monoisotopic (exact) mass is 640 g/mol. The quantitative estimate of drug-likeness (QED) is 0.298. The first-order valence-electron chi connectivity index (χ1n) is 15.4. The average molecular weight is 641 g/mol. The summed E-state index contributed by atoms with van der Waals surface area (Å²) in [6.45, 7) is 4.94. The Labute approximate surface area is 262 Å². The molecule has 4 atom stereocenters. The van der Waals surface area contributed by atoms with Crippen LogP contribution in [0.1, 0.15) is 32.6 Å². The minimum absolute atomic E-state index is 0.00220. The molecular formula is C32H32ClF3N6O3. The van der Waals surface area contributed by atoms with Gasteiger partial charge in [0.25, 0.3) is 0 Å². The molecule has 0 saturated carbocycles. The maximum atomic E-state index is 16.9. The maximum Gasteiger partial charge on any atom is 0.319 e. The van der Waals surface area contributed by atoms with E-state index in [1.807, 2.05) is 0 Å². The summed E-state index contributed by atoms with van der Waals surface area (Å²) in [7, 11) is 0. The van der Waals surface area contributed by atoms with Gasteiger partial charge in [-0.25, -0.2) is 18.2 Å². The number of ether oxygens (including phenoxy) is 2. The molecule has 4 aliphatic rings. The Hall–Kier alpha value is -3.61. The highest BCUT2D eigenvalue weighted by atomic mass is 35.5. The summed E-state index contributed by atoms with van der Waals surface area (Å²) < 4.78 is 59.3. The van der Waals surface area contributed by atoms with Crippen molar-refractivity contribution in [3.63, 3.8) is 0 Å². The van der Waals surface area contributed by atoms with Crippen LogP contribution in [0.5, 0.6) is 17.6 Å². The second kappa shape index (κ2) is 10.7. The third-order valence-corrected chi connectivity index (χ3v) is 10.2. The molecule has 4 aromatic rings. The number of fused-ring (bicyclic) bond motifs is 4. The number of alkyl halides is 1. The van der Waals surface area contributed by atoms with E-state index in [-0.39, 0.29) is 75.5 Å². The van der Waals surface area contributed by atoms with Crippen molar-refractivity contribution in [3.8, 4) is 28.9 Å². The predicted octanol–water partition coefficient (Wildman–Crippen LogP) is 5.39. The van der Waals surface area contributed by atoms with Gasteiger partial charge in [-0.3, -0.25) is 4.90 Å². The molecule has 0 unspecified atom stereocenters. The molecular weight excluding hydrogens is 609 g/mol. The molecule has 9 nitrogen and oxygen atoms in total. The fraction of sp³-hybridized carbons (Fsp3) is 0.469. The van der Waals surface area contributed by atoms with Gasteiger partial charge in [-0.1, -0.05) is 24.6 Å². The summed E-state index contributed by atoms with van der Waals surface area (Å²) in [5, 5.41) is 14.5. The summed E-state index contributed by atoms with van der Waals surface area (Å²) in [5.74, 6) is -1.26. The minimum Gasteiger partial charge on any atom is -0.508 e. The largest absolute Gasteiger partial charge is 0.508 e. The Morgan fingerprint density at radius 2 is 2.02 bits per heavy atom. The maximum absolute atomic E-state index is 16.9. The Balaban J connectivity index is 1.32. The zero-order chi connectivity index (χ0) is 31.0. The number of nitrogens with zero attached hydrogens (tertiary/aromatic N) is 5. The summed E-state index contributed by atoms with van der Waals surface area (Å²) in [5.41, 5.74) is -0.805. The lowest BCUT2D eigenvalue weighted by Crippen LogP contribution is -2.60. The van der Waals surface area contributed by atoms with Crippen molar-refractivity contribution in [1.29, 1.82) is 0 Å². The molecule has 4 aliphatic heterocycles. The van der Waals surface area contributed by atoms with E-state index in [9.17, 15) is 9.50 Å². The van der Waals surface area contributed by atoms with Crippen molar-refractivity contribution in [2.75, 3.05) is 44.3 Å². The van der Waals surface area contributed by atoms with Crippen molar-refractivity contribution < 1.29 is 27.8 Å². The Kier molecular flexibility index (Phi) is 6.88. The Morgan fingerprint density at radius 1 is 1.16 bits per heavy atom. The van der Waals surface area contributed by atoms with Gasteiger partial charge < -0.3 is 24.8 Å². The van der Waals surface area contributed by atoms with Crippen LogP contribution < -0.4 is 19.7 Å². The van der Waals surface area contributed by atoms with Gasteiger partial charge in [0.2, 0.25) is 5.88 Å². The third kappa shape index (κ3) is 4.55. The lowest BCUT2D eigenvalue weighted by atomic mass is 9.95. The standard InChI is InChI=1S/C32H32ClF3N6O3/c1-2-21-22-14-44-30-24-28(26(36)27(38-30)19-11-18(43)10-16-4-5-20(33)25(35)23(16)19)39-31(40-29(24)42(22)9-7-37-21)45-15-32-6-3-8-41(32)13-17(34)12-32/h4-5,10-11,17,21-22,37,43H,2-3,6-9,12-15H2,1H3/t17-,21+,22-,32+/m1/s1. The van der Waals surface area contributed by atoms with Gasteiger partial charge in [0, 0.05) is 43.0 Å². The number of pyridine rings is 1. The van der Waals surface area contributed by atoms with Crippen LogP contribution in [0.3, 0.4) is 0 Å². The third-order valence-electron chi connectivity index (χ3n) is 9.92. The van der Waals surface area contributed by atoms with Crippen molar-refractivity contribution >= 4 is 39.1 Å². The molecule has 2 aromatic heterocycles. The molecule has 13 heteroatoms. The molecule has 6 heterocycles. The molecule has 3 fully saturated rings. The summed E-state index contributed by atoms with van der Waals surface area (Å²) >= 11 is 6.13. The number of piperazine rings is 1. The predicted molar refractivity (Wildman–Crippen MR) is 164 cm³/mol. The number of nitrogens with one attached hydrogen (secondary N) is 1. The topological polar surface area (TPSA) is 95.9 Å². The number of phenolic OH excluding ortho intramolecular Hbond substituents is 1. The highest BCUT2D eigenvalue weighted by Gasteiger charge is 2.49. The molecule has 45 heavy (non-hydrogen) atoms. The normalized spacial score (nSPS) is 26.2. The number of rotatable bonds is 5. The lowest BCUT2D eigenvalue weighted by molar-refractivity contribution is 0.107. The van der Waals surface area contributed by atoms with E-state index in [0.717, 1.165) is 25.8 Å². The van der Waals surface area contributed by atoms with E-state index in [1.54, 1.807) is 6.07 Å². The highest BCUT2D eigenvalue weighted by molar-refractivity contribution is 6.31. The Bertz CT molecular complexity index is 1850. The van der Waals surface area contributed by atoms with Crippen LogP contribution in [0.4, 0.5) is 19.0 Å². The lowest BCUT2D eigenvalue weighted by Gasteiger charge is -2.41. The molecule has 2 N–H and O–H groups in total. The van der Waals surface area contributed by atoms with Gasteiger partial charge >= 0.3 is 6.01 Å². The number of aromatic hydroxyl groups is 1. The first-order chi connectivity index (χ1) is 21.8. The van der Waals surface area contributed by atoms with E-state index in [4.69, 9.17) is 26.1 Å². The molecule has 0 amide bonds. The Morgan fingerprint density at radius 3 is 2.87 bits per heavy atom. The number of anilines is 1. The van der Waals surface area contributed by atoms with Crippen LogP contribution in [0.15, 0.2) is 24.3 Å². The van der Waals surface area contributed by atoms with Crippen molar-refractivity contribution in [2.24, 2.45) is 0 Å². The van der Waals surface area contributed by atoms with Crippen LogP contribution in [-0.4, -0.2) is 88.1 Å². The summed E-state index contributed by atoms with van der Waals surface area (Å²) in [6.07, 6.45) is 2.00. The van der Waals surface area contributed by atoms with Gasteiger partial charge in [-0.2, -0.15) is 9.97 Å². The fourth-order valence-corrected chi connectivity index (χ4v) is 7.97. The van der Waals surface area contributed by atoms with E-state index in [2.05, 4.69) is 32.0 Å². The molecule has 0 aliphatic carbocycles. The van der Waals surface area contributed by atoms with Gasteiger partial charge in [-0.05, 0) is 49.4 Å². The summed E-state index contributed by atoms with van der Waals surface area (Å²) in [4.78, 5) is 18.2. The molecule has 236 valence electrons. The van der Waals surface area contributed by atoms with E-state index in [1.165, 1.54) is 18.2 Å². The fourth-order valence-electron chi connectivity index (χ4n) is 7.81. The van der Waals surface area contributed by atoms with Crippen LogP contribution >= 0.6 is 11.6 Å². The first-order valence-corrected chi connectivity index (χ1v) is 15.8. The molecule has 8 rings (SSSR count). The number of benzene rings is 2. The SMILES string of the molecule is CC[C@@H]1NCCN2c3nc(OC[C@@]45CCCN4C[C@H](F)C5)nc4c(F)c(-c5cc(O)cc6ccc(Cl)c(F)c56)nc(c34)OC[C@H]12. The average Bonchev–Trinajstić information content (AvgIpc) is 3.50. The van der Waals surface area contributed by atoms with Gasteiger partial charge in [0.05, 0.1) is 16.6 Å². The summed E-state index contributed by atoms with van der Waals surface area (Å²) in [6, 6.07) is 5.45. The second-order valence-electron chi connectivity index (χ2n) is 12.5. The zero-order valence-corrected chi connectivity index (χ0v) is 25.4. The molecule has 2 aromatic carbocycles. The van der Waals surface area contributed by atoms with Crippen LogP contribution in [-0.2, 0) is 0 Å². The van der Waals surface area contributed by atoms with E-state index < -0.39 is 23.3 Å². The van der Waals surface area contributed by atoms with Crippen LogP contribution in [0.25, 0.3) is 32.9 Å². The van der Waals surface area contributed by atoms with Crippen LogP contribution in [0.2, 0.25) is 5.02 Å². The minimum atomic E-state index is -0.930. The van der Waals surface area contributed by atoms with Gasteiger partial charge in [0.1, 0.15) is 53.4 Å². The van der Waals surface area contributed by atoms with E-state index >= 15 is 8.78 Å². The molecule has 0 bridgehead atoms. The molecule has 0 spiro atoms. The van der Waals surface area contributed by atoms with Gasteiger partial charge in [-0.15, -0.1) is 0 Å². The zero-order valence-electron chi connectivity index (χ0n) is 24.6. The number of phenols is 1. The van der Waals surface area contributed by atoms with Gasteiger partial charge in [0.15, 0.2) is 5.82 Å². The number of hydrogen-bond donors (Lipinski definition) is 2. The van der Waals surface area contributed by atoms with Crippen molar-refractivity contribution in [2.45, 2.75) is 56.4 Å². The second-order valence-corrected chi connectivity index (χ2v) is 12.9. The highest BCUT2D eigenvalue weighted by Crippen LogP contribution is 2.45. The van der Waals surface area contributed by atoms with Crippen molar-refractivity contribution in [1.82, 2.24) is 25.2 Å². The smallest absolute Gasteiger partial charge is 0.319 e. The number of hydrogen-bond acceptors (Lipinski definition) is 9. The first kappa shape index (κ1) is 28.8.